The van der Waals surface area contributed by atoms with Crippen molar-refractivity contribution in [2.75, 3.05) is 36.9 Å². The summed E-state index contributed by atoms with van der Waals surface area (Å²) in [5.41, 5.74) is 6.40. The van der Waals surface area contributed by atoms with Crippen LogP contribution in [0.2, 0.25) is 0 Å². The Balaban J connectivity index is 2.05. The number of nitrogen functional groups attached to an aromatic ring is 1. The first kappa shape index (κ1) is 12.0. The third-order valence-electron chi connectivity index (χ3n) is 2.93. The molecule has 7 nitrogen and oxygen atoms in total. The van der Waals surface area contributed by atoms with Crippen molar-refractivity contribution in [2.24, 2.45) is 0 Å². The molecule has 1 aliphatic heterocycles. The van der Waals surface area contributed by atoms with Gasteiger partial charge in [0.2, 0.25) is 5.13 Å². The number of morpholine rings is 1. The van der Waals surface area contributed by atoms with Crippen LogP contribution in [0, 0.1) is 11.3 Å². The molecular formula is C11H12N6OS. The highest BCUT2D eigenvalue weighted by molar-refractivity contribution is 7.12. The maximum atomic E-state index is 9.28. The van der Waals surface area contributed by atoms with Crippen molar-refractivity contribution >= 4 is 23.0 Å². The molecule has 0 unspecified atom stereocenters. The quantitative estimate of drug-likeness (QED) is 0.864. The highest BCUT2D eigenvalue weighted by Crippen LogP contribution is 2.28. The summed E-state index contributed by atoms with van der Waals surface area (Å²) in [5, 5.41) is 16.2. The molecule has 2 aromatic heterocycles. The lowest BCUT2D eigenvalue weighted by Crippen LogP contribution is -2.37. The fraction of sp³-hybridized carbons (Fsp3) is 0.364. The largest absolute Gasteiger partial charge is 0.382 e. The molecule has 8 heteroatoms. The van der Waals surface area contributed by atoms with E-state index in [4.69, 9.17) is 10.5 Å². The Bertz CT molecular complexity index is 608. The summed E-state index contributed by atoms with van der Waals surface area (Å²) >= 11 is 1.43. The highest BCUT2D eigenvalue weighted by Gasteiger charge is 2.23. The number of nitriles is 1. The van der Waals surface area contributed by atoms with Crippen LogP contribution in [-0.4, -0.2) is 41.1 Å². The number of thiazole rings is 1. The van der Waals surface area contributed by atoms with Crippen LogP contribution in [-0.2, 0) is 4.74 Å². The van der Waals surface area contributed by atoms with Crippen LogP contribution in [0.25, 0.3) is 5.13 Å². The molecule has 0 radical (unpaired) electrons. The standard InChI is InChI=1S/C11H12N6OS/c12-7-8-9(13)17(11-14-1-6-19-11)15-10(8)16-2-4-18-5-3-16/h1,6H,2-5,13H2. The van der Waals surface area contributed by atoms with E-state index < -0.39 is 0 Å². The zero-order valence-corrected chi connectivity index (χ0v) is 10.9. The summed E-state index contributed by atoms with van der Waals surface area (Å²) in [5.74, 6) is 0.942. The van der Waals surface area contributed by atoms with Crippen LogP contribution in [0.3, 0.4) is 0 Å². The van der Waals surface area contributed by atoms with E-state index in [-0.39, 0.29) is 0 Å². The van der Waals surface area contributed by atoms with Crippen LogP contribution in [0.4, 0.5) is 11.6 Å². The second-order valence-corrected chi connectivity index (χ2v) is 4.89. The lowest BCUT2D eigenvalue weighted by Gasteiger charge is -2.26. The number of rotatable bonds is 2. The van der Waals surface area contributed by atoms with Crippen molar-refractivity contribution in [3.8, 4) is 11.2 Å². The predicted octanol–water partition coefficient (Wildman–Crippen LogP) is 0.619. The molecule has 3 rings (SSSR count). The van der Waals surface area contributed by atoms with Gasteiger partial charge in [-0.15, -0.1) is 16.4 Å². The molecule has 19 heavy (non-hydrogen) atoms. The average molecular weight is 276 g/mol. The average Bonchev–Trinajstić information content (AvgIpc) is 3.07. The first-order valence-corrected chi connectivity index (χ1v) is 6.70. The monoisotopic (exact) mass is 276 g/mol. The summed E-state index contributed by atoms with van der Waals surface area (Å²) in [4.78, 5) is 6.18. The SMILES string of the molecule is N#Cc1c(N2CCOCC2)nn(-c2nccs2)c1N. The number of aromatic nitrogens is 3. The first-order chi connectivity index (χ1) is 9.31. The van der Waals surface area contributed by atoms with E-state index >= 15 is 0 Å². The van der Waals surface area contributed by atoms with Gasteiger partial charge in [0, 0.05) is 24.7 Å². The van der Waals surface area contributed by atoms with Gasteiger partial charge in [-0.25, -0.2) is 4.98 Å². The number of hydrogen-bond acceptors (Lipinski definition) is 7. The Kier molecular flexibility index (Phi) is 3.06. The van der Waals surface area contributed by atoms with Gasteiger partial charge >= 0.3 is 0 Å². The van der Waals surface area contributed by atoms with Gasteiger partial charge in [0.15, 0.2) is 5.82 Å². The van der Waals surface area contributed by atoms with Gasteiger partial charge in [-0.05, 0) is 0 Å². The summed E-state index contributed by atoms with van der Waals surface area (Å²) < 4.78 is 6.83. The van der Waals surface area contributed by atoms with Crippen molar-refractivity contribution in [1.29, 1.82) is 5.26 Å². The molecule has 0 aliphatic carbocycles. The topological polar surface area (TPSA) is 93.0 Å². The van der Waals surface area contributed by atoms with Crippen LogP contribution in [0.5, 0.6) is 0 Å². The van der Waals surface area contributed by atoms with Crippen molar-refractivity contribution in [3.63, 3.8) is 0 Å². The molecule has 0 saturated carbocycles. The van der Waals surface area contributed by atoms with E-state index in [0.717, 1.165) is 0 Å². The zero-order chi connectivity index (χ0) is 13.2. The Labute approximate surface area is 113 Å². The summed E-state index contributed by atoms with van der Waals surface area (Å²) in [6.07, 6.45) is 1.68. The van der Waals surface area contributed by atoms with Crippen LogP contribution < -0.4 is 10.6 Å². The Morgan fingerprint density at radius 2 is 2.21 bits per heavy atom. The van der Waals surface area contributed by atoms with E-state index in [0.29, 0.717) is 48.6 Å². The Hall–Kier alpha value is -2.11. The summed E-state index contributed by atoms with van der Waals surface area (Å²) in [7, 11) is 0. The third kappa shape index (κ3) is 2.03. The molecule has 0 spiro atoms. The molecule has 3 heterocycles. The summed E-state index contributed by atoms with van der Waals surface area (Å²) in [6, 6.07) is 2.13. The second-order valence-electron chi connectivity index (χ2n) is 4.02. The molecule has 1 fully saturated rings. The maximum absolute atomic E-state index is 9.28. The van der Waals surface area contributed by atoms with Crippen molar-refractivity contribution in [2.45, 2.75) is 0 Å². The molecule has 0 atom stereocenters. The van der Waals surface area contributed by atoms with E-state index in [1.165, 1.54) is 16.0 Å². The van der Waals surface area contributed by atoms with E-state index in [9.17, 15) is 5.26 Å². The van der Waals surface area contributed by atoms with E-state index in [1.807, 2.05) is 10.3 Å². The maximum Gasteiger partial charge on any atom is 0.212 e. The van der Waals surface area contributed by atoms with Gasteiger partial charge in [0.05, 0.1) is 13.2 Å². The molecule has 2 aromatic rings. The molecule has 0 bridgehead atoms. The van der Waals surface area contributed by atoms with Gasteiger partial charge in [0.1, 0.15) is 17.5 Å². The van der Waals surface area contributed by atoms with Crippen molar-refractivity contribution in [3.05, 3.63) is 17.1 Å². The van der Waals surface area contributed by atoms with Crippen LogP contribution in [0.1, 0.15) is 5.56 Å². The fourth-order valence-electron chi connectivity index (χ4n) is 1.99. The lowest BCUT2D eigenvalue weighted by molar-refractivity contribution is 0.122. The Morgan fingerprint density at radius 3 is 2.84 bits per heavy atom. The van der Waals surface area contributed by atoms with Gasteiger partial charge in [-0.1, -0.05) is 0 Å². The van der Waals surface area contributed by atoms with Crippen LogP contribution >= 0.6 is 11.3 Å². The summed E-state index contributed by atoms with van der Waals surface area (Å²) in [6.45, 7) is 2.69. The predicted molar refractivity (Wildman–Crippen MR) is 71.4 cm³/mol. The normalized spacial score (nSPS) is 15.4. The number of nitrogens with two attached hydrogens (primary N) is 1. The fourth-order valence-corrected chi connectivity index (χ4v) is 2.59. The minimum absolute atomic E-state index is 0.332. The van der Waals surface area contributed by atoms with Crippen LogP contribution in [0.15, 0.2) is 11.6 Å². The minimum atomic E-state index is 0.332. The zero-order valence-electron chi connectivity index (χ0n) is 10.1. The lowest BCUT2D eigenvalue weighted by atomic mass is 10.3. The van der Waals surface area contributed by atoms with E-state index in [1.54, 1.807) is 6.20 Å². The molecule has 1 aliphatic rings. The first-order valence-electron chi connectivity index (χ1n) is 5.82. The number of ether oxygens (including phenoxy) is 1. The smallest absolute Gasteiger partial charge is 0.212 e. The third-order valence-corrected chi connectivity index (χ3v) is 3.67. The van der Waals surface area contributed by atoms with Gasteiger partial charge < -0.3 is 15.4 Å². The van der Waals surface area contributed by atoms with E-state index in [2.05, 4.69) is 16.2 Å². The minimum Gasteiger partial charge on any atom is -0.382 e. The molecular weight excluding hydrogens is 264 g/mol. The molecule has 98 valence electrons. The number of hydrogen-bond donors (Lipinski definition) is 1. The van der Waals surface area contributed by atoms with Gasteiger partial charge in [-0.3, -0.25) is 0 Å². The number of anilines is 2. The van der Waals surface area contributed by atoms with Gasteiger partial charge in [-0.2, -0.15) is 9.94 Å². The van der Waals surface area contributed by atoms with Gasteiger partial charge in [0.25, 0.3) is 0 Å². The number of nitrogens with zero attached hydrogens (tertiary/aromatic N) is 5. The molecule has 0 amide bonds. The molecule has 0 aromatic carbocycles. The molecule has 1 saturated heterocycles. The highest BCUT2D eigenvalue weighted by atomic mass is 32.1. The second kappa shape index (κ2) is 4.87. The van der Waals surface area contributed by atoms with Crippen molar-refractivity contribution in [1.82, 2.24) is 14.8 Å². The molecule has 2 N–H and O–H groups in total. The van der Waals surface area contributed by atoms with Crippen molar-refractivity contribution < 1.29 is 4.74 Å². The Morgan fingerprint density at radius 1 is 1.42 bits per heavy atom.